The number of thiophene rings is 1. The lowest BCUT2D eigenvalue weighted by molar-refractivity contribution is 0.1000. The lowest BCUT2D eigenvalue weighted by atomic mass is 10.1. The first-order chi connectivity index (χ1) is 8.68. The molecule has 0 unspecified atom stereocenters. The molecule has 0 bridgehead atoms. The highest BCUT2D eigenvalue weighted by molar-refractivity contribution is 7.09. The molecule has 1 amide bonds. The van der Waals surface area contributed by atoms with Crippen LogP contribution in [0.25, 0.3) is 0 Å². The van der Waals surface area contributed by atoms with Crippen molar-refractivity contribution in [3.63, 3.8) is 0 Å². The third-order valence-electron chi connectivity index (χ3n) is 2.87. The summed E-state index contributed by atoms with van der Waals surface area (Å²) < 4.78 is 0. The molecule has 18 heavy (non-hydrogen) atoms. The van der Waals surface area contributed by atoms with Gasteiger partial charge in [-0.05, 0) is 42.5 Å². The van der Waals surface area contributed by atoms with E-state index in [9.17, 15) is 4.79 Å². The summed E-state index contributed by atoms with van der Waals surface area (Å²) in [7, 11) is 0. The number of nitrogens with two attached hydrogens (primary N) is 1. The SMILES string of the molecule is Cc1c(NCCc2cccs2)cccc1C(N)=O. The molecule has 94 valence electrons. The van der Waals surface area contributed by atoms with Gasteiger partial charge in [-0.25, -0.2) is 0 Å². The van der Waals surface area contributed by atoms with Crippen LogP contribution in [-0.4, -0.2) is 12.5 Å². The first kappa shape index (κ1) is 12.6. The Morgan fingerprint density at radius 2 is 2.17 bits per heavy atom. The Morgan fingerprint density at radius 3 is 2.83 bits per heavy atom. The molecular weight excluding hydrogens is 244 g/mol. The van der Waals surface area contributed by atoms with Crippen molar-refractivity contribution in [2.24, 2.45) is 5.73 Å². The van der Waals surface area contributed by atoms with Crippen LogP contribution in [0.1, 0.15) is 20.8 Å². The summed E-state index contributed by atoms with van der Waals surface area (Å²) in [6, 6.07) is 9.75. The maximum absolute atomic E-state index is 11.2. The fourth-order valence-electron chi connectivity index (χ4n) is 1.87. The Morgan fingerprint density at radius 1 is 1.33 bits per heavy atom. The van der Waals surface area contributed by atoms with Crippen molar-refractivity contribution in [1.82, 2.24) is 0 Å². The topological polar surface area (TPSA) is 55.1 Å². The lowest BCUT2D eigenvalue weighted by Gasteiger charge is -2.11. The number of nitrogens with one attached hydrogen (secondary N) is 1. The molecule has 0 saturated heterocycles. The number of amides is 1. The molecule has 0 spiro atoms. The fourth-order valence-corrected chi connectivity index (χ4v) is 2.58. The second-order valence-electron chi connectivity index (χ2n) is 4.10. The molecule has 3 N–H and O–H groups in total. The molecular formula is C14H16N2OS. The van der Waals surface area contributed by atoms with Gasteiger partial charge < -0.3 is 11.1 Å². The van der Waals surface area contributed by atoms with Crippen molar-refractivity contribution in [3.8, 4) is 0 Å². The third kappa shape index (κ3) is 2.90. The highest BCUT2D eigenvalue weighted by Gasteiger charge is 2.07. The predicted octanol–water partition coefficient (Wildman–Crippen LogP) is 2.81. The molecule has 2 aromatic rings. The average molecular weight is 260 g/mol. The summed E-state index contributed by atoms with van der Waals surface area (Å²) in [6.07, 6.45) is 0.984. The molecule has 0 aliphatic rings. The van der Waals surface area contributed by atoms with Crippen molar-refractivity contribution in [1.29, 1.82) is 0 Å². The maximum Gasteiger partial charge on any atom is 0.249 e. The first-order valence-electron chi connectivity index (χ1n) is 5.84. The molecule has 1 aromatic carbocycles. The minimum absolute atomic E-state index is 0.380. The number of rotatable bonds is 5. The van der Waals surface area contributed by atoms with Crippen LogP contribution in [0.3, 0.4) is 0 Å². The molecule has 1 heterocycles. The number of hydrogen-bond donors (Lipinski definition) is 2. The van der Waals surface area contributed by atoms with E-state index < -0.39 is 0 Å². The molecule has 0 radical (unpaired) electrons. The number of carbonyl (C=O) groups excluding carboxylic acids is 1. The maximum atomic E-state index is 11.2. The summed E-state index contributed by atoms with van der Waals surface area (Å²) in [5.74, 6) is -0.380. The van der Waals surface area contributed by atoms with Crippen molar-refractivity contribution < 1.29 is 4.79 Å². The van der Waals surface area contributed by atoms with Crippen LogP contribution >= 0.6 is 11.3 Å². The van der Waals surface area contributed by atoms with Crippen LogP contribution in [0.15, 0.2) is 35.7 Å². The summed E-state index contributed by atoms with van der Waals surface area (Å²) in [4.78, 5) is 12.6. The Balaban J connectivity index is 2.01. The highest BCUT2D eigenvalue weighted by Crippen LogP contribution is 2.19. The van der Waals surface area contributed by atoms with Crippen molar-refractivity contribution in [2.75, 3.05) is 11.9 Å². The zero-order valence-electron chi connectivity index (χ0n) is 10.3. The van der Waals surface area contributed by atoms with E-state index >= 15 is 0 Å². The zero-order chi connectivity index (χ0) is 13.0. The van der Waals surface area contributed by atoms with Gasteiger partial charge in [-0.15, -0.1) is 11.3 Å². The van der Waals surface area contributed by atoms with Crippen molar-refractivity contribution in [2.45, 2.75) is 13.3 Å². The highest BCUT2D eigenvalue weighted by atomic mass is 32.1. The normalized spacial score (nSPS) is 10.3. The fraction of sp³-hybridized carbons (Fsp3) is 0.214. The van der Waals surface area contributed by atoms with Crippen LogP contribution in [0.2, 0.25) is 0 Å². The van der Waals surface area contributed by atoms with Crippen molar-refractivity contribution in [3.05, 3.63) is 51.7 Å². The van der Waals surface area contributed by atoms with E-state index in [0.717, 1.165) is 24.2 Å². The van der Waals surface area contributed by atoms with Gasteiger partial charge >= 0.3 is 0 Å². The second kappa shape index (κ2) is 5.69. The summed E-state index contributed by atoms with van der Waals surface area (Å²) in [6.45, 7) is 2.76. The molecule has 0 fully saturated rings. The van der Waals surface area contributed by atoms with E-state index in [0.29, 0.717) is 5.56 Å². The van der Waals surface area contributed by atoms with Gasteiger partial charge in [0.2, 0.25) is 5.91 Å². The number of carbonyl (C=O) groups is 1. The van der Waals surface area contributed by atoms with Gasteiger partial charge in [0.15, 0.2) is 0 Å². The van der Waals surface area contributed by atoms with E-state index in [1.165, 1.54) is 4.88 Å². The quantitative estimate of drug-likeness (QED) is 0.868. The Bertz CT molecular complexity index is 535. The second-order valence-corrected chi connectivity index (χ2v) is 5.13. The lowest BCUT2D eigenvalue weighted by Crippen LogP contribution is -2.14. The molecule has 3 nitrogen and oxygen atoms in total. The molecule has 4 heteroatoms. The van der Waals surface area contributed by atoms with Gasteiger partial charge in [-0.1, -0.05) is 12.1 Å². The first-order valence-corrected chi connectivity index (χ1v) is 6.72. The minimum Gasteiger partial charge on any atom is -0.384 e. The summed E-state index contributed by atoms with van der Waals surface area (Å²) in [5.41, 5.74) is 7.79. The third-order valence-corrected chi connectivity index (χ3v) is 3.80. The van der Waals surface area contributed by atoms with E-state index in [-0.39, 0.29) is 5.91 Å². The van der Waals surface area contributed by atoms with Gasteiger partial charge in [-0.3, -0.25) is 4.79 Å². The molecule has 0 aliphatic carbocycles. The van der Waals surface area contributed by atoms with Gasteiger partial charge in [0, 0.05) is 22.7 Å². The molecule has 1 aromatic heterocycles. The van der Waals surface area contributed by atoms with E-state index in [1.54, 1.807) is 17.4 Å². The predicted molar refractivity (Wildman–Crippen MR) is 76.2 cm³/mol. The van der Waals surface area contributed by atoms with E-state index in [2.05, 4.69) is 22.8 Å². The zero-order valence-corrected chi connectivity index (χ0v) is 11.1. The van der Waals surface area contributed by atoms with Crippen LogP contribution in [0, 0.1) is 6.92 Å². The monoisotopic (exact) mass is 260 g/mol. The molecule has 0 saturated carbocycles. The van der Waals surface area contributed by atoms with Gasteiger partial charge in [0.25, 0.3) is 0 Å². The Kier molecular flexibility index (Phi) is 3.99. The number of anilines is 1. The van der Waals surface area contributed by atoms with E-state index in [1.807, 2.05) is 19.1 Å². The van der Waals surface area contributed by atoms with Crippen LogP contribution in [0.5, 0.6) is 0 Å². The largest absolute Gasteiger partial charge is 0.384 e. The molecule has 0 atom stereocenters. The minimum atomic E-state index is -0.380. The number of primary amides is 1. The summed E-state index contributed by atoms with van der Waals surface area (Å²) >= 11 is 1.76. The standard InChI is InChI=1S/C14H16N2OS/c1-10-12(14(15)17)5-2-6-13(10)16-8-7-11-4-3-9-18-11/h2-6,9,16H,7-8H2,1H3,(H2,15,17). The van der Waals surface area contributed by atoms with Gasteiger partial charge in [0.1, 0.15) is 0 Å². The van der Waals surface area contributed by atoms with Crippen LogP contribution in [-0.2, 0) is 6.42 Å². The van der Waals surface area contributed by atoms with Crippen LogP contribution < -0.4 is 11.1 Å². The Labute approximate surface area is 111 Å². The smallest absolute Gasteiger partial charge is 0.249 e. The van der Waals surface area contributed by atoms with Crippen molar-refractivity contribution >= 4 is 22.9 Å². The Hall–Kier alpha value is -1.81. The number of hydrogen-bond acceptors (Lipinski definition) is 3. The number of benzene rings is 1. The van der Waals surface area contributed by atoms with Crippen LogP contribution in [0.4, 0.5) is 5.69 Å². The van der Waals surface area contributed by atoms with Gasteiger partial charge in [0.05, 0.1) is 0 Å². The summed E-state index contributed by atoms with van der Waals surface area (Å²) in [5, 5.41) is 5.42. The molecule has 2 rings (SSSR count). The average Bonchev–Trinajstić information content (AvgIpc) is 2.84. The van der Waals surface area contributed by atoms with Gasteiger partial charge in [-0.2, -0.15) is 0 Å². The molecule has 0 aliphatic heterocycles. The van der Waals surface area contributed by atoms with E-state index in [4.69, 9.17) is 5.73 Å².